The summed E-state index contributed by atoms with van der Waals surface area (Å²) in [5.41, 5.74) is 1.15. The van der Waals surface area contributed by atoms with E-state index < -0.39 is 11.6 Å². The molecule has 1 unspecified atom stereocenters. The highest BCUT2D eigenvalue weighted by Crippen LogP contribution is 2.35. The Labute approximate surface area is 165 Å². The van der Waals surface area contributed by atoms with Crippen LogP contribution in [0.1, 0.15) is 24.0 Å². The minimum atomic E-state index is -0.987. The van der Waals surface area contributed by atoms with Gasteiger partial charge in [0.05, 0.1) is 0 Å². The van der Waals surface area contributed by atoms with E-state index in [0.717, 1.165) is 42.0 Å². The van der Waals surface area contributed by atoms with Gasteiger partial charge in [-0.2, -0.15) is 0 Å². The van der Waals surface area contributed by atoms with E-state index in [1.807, 2.05) is 31.2 Å². The number of amides is 4. The molecule has 2 fully saturated rings. The first-order chi connectivity index (χ1) is 12.5. The number of nitrogens with zero attached hydrogens (tertiary/aromatic N) is 1. The molecule has 3 rings (SSSR count). The topological polar surface area (TPSA) is 90.5 Å². The Bertz CT molecular complexity index is 721. The molecule has 2 aliphatic heterocycles. The average molecular weight is 395 g/mol. The molecular weight excluding hydrogens is 368 g/mol. The maximum Gasteiger partial charge on any atom is 0.325 e. The second-order valence-corrected chi connectivity index (χ2v) is 7.09. The van der Waals surface area contributed by atoms with Crippen LogP contribution in [0.25, 0.3) is 0 Å². The summed E-state index contributed by atoms with van der Waals surface area (Å²) in [5.74, 6) is -0.610. The lowest BCUT2D eigenvalue weighted by Crippen LogP contribution is -2.57. The monoisotopic (exact) mass is 394 g/mol. The lowest BCUT2D eigenvalue weighted by Gasteiger charge is -2.38. The molecule has 8 heteroatoms. The summed E-state index contributed by atoms with van der Waals surface area (Å²) in [5, 5.41) is 8.76. The van der Waals surface area contributed by atoms with Crippen LogP contribution in [-0.2, 0) is 16.0 Å². The zero-order valence-corrected chi connectivity index (χ0v) is 16.5. The van der Waals surface area contributed by atoms with E-state index in [1.165, 1.54) is 7.05 Å². The van der Waals surface area contributed by atoms with Gasteiger partial charge in [0.25, 0.3) is 5.91 Å². The highest BCUT2D eigenvalue weighted by atomic mass is 35.5. The van der Waals surface area contributed by atoms with E-state index in [2.05, 4.69) is 16.0 Å². The number of nitrogens with one attached hydrogen (secondary N) is 3. The number of carbonyl (C=O) groups is 3. The standard InChI is InChI=1S/C19H26N4O3.ClH/c1-13-5-3-4-6-14(13)11-19(15-7-9-21-10-8-15)17(25)23(18(26)22-19)12-16(24)20-2;/h3-6,15,21H,7-12H2,1-2H3,(H,20,24)(H,22,26);1H. The number of piperidine rings is 1. The number of hydrogen-bond acceptors (Lipinski definition) is 4. The maximum absolute atomic E-state index is 13.3. The summed E-state index contributed by atoms with van der Waals surface area (Å²) in [6, 6.07) is 7.43. The molecule has 0 bridgehead atoms. The highest BCUT2D eigenvalue weighted by molar-refractivity contribution is 6.09. The van der Waals surface area contributed by atoms with Gasteiger partial charge in [-0.25, -0.2) is 4.79 Å². The van der Waals surface area contributed by atoms with Crippen LogP contribution in [0.15, 0.2) is 24.3 Å². The lowest BCUT2D eigenvalue weighted by molar-refractivity contribution is -0.136. The quantitative estimate of drug-likeness (QED) is 0.650. The molecule has 2 heterocycles. The Balaban J connectivity index is 0.00000261. The Kier molecular flexibility index (Phi) is 6.84. The van der Waals surface area contributed by atoms with Crippen LogP contribution in [0.3, 0.4) is 0 Å². The van der Waals surface area contributed by atoms with Gasteiger partial charge in [-0.15, -0.1) is 12.4 Å². The van der Waals surface area contributed by atoms with Crippen molar-refractivity contribution in [1.29, 1.82) is 0 Å². The van der Waals surface area contributed by atoms with Gasteiger partial charge in [0.15, 0.2) is 0 Å². The van der Waals surface area contributed by atoms with Crippen molar-refractivity contribution in [3.63, 3.8) is 0 Å². The Hall–Kier alpha value is -2.12. The van der Waals surface area contributed by atoms with Crippen LogP contribution in [0, 0.1) is 12.8 Å². The zero-order valence-electron chi connectivity index (χ0n) is 15.7. The molecule has 0 radical (unpaired) electrons. The number of halogens is 1. The molecule has 0 aromatic heterocycles. The Morgan fingerprint density at radius 1 is 1.26 bits per heavy atom. The van der Waals surface area contributed by atoms with Crippen LogP contribution in [0.2, 0.25) is 0 Å². The third-order valence-electron chi connectivity index (χ3n) is 5.55. The minimum absolute atomic E-state index is 0. The molecule has 0 spiro atoms. The fourth-order valence-electron chi connectivity index (χ4n) is 3.98. The van der Waals surface area contributed by atoms with E-state index in [4.69, 9.17) is 0 Å². The molecule has 4 amide bonds. The van der Waals surface area contributed by atoms with E-state index in [1.54, 1.807) is 0 Å². The van der Waals surface area contributed by atoms with Crippen molar-refractivity contribution in [3.8, 4) is 0 Å². The number of rotatable bonds is 5. The minimum Gasteiger partial charge on any atom is -0.358 e. The zero-order chi connectivity index (χ0) is 18.7. The van der Waals surface area contributed by atoms with Gasteiger partial charge < -0.3 is 16.0 Å². The largest absolute Gasteiger partial charge is 0.358 e. The molecular formula is C19H27ClN4O3. The first kappa shape index (κ1) is 21.2. The van der Waals surface area contributed by atoms with Gasteiger partial charge in [0, 0.05) is 13.5 Å². The number of aryl methyl sites for hydroxylation is 1. The van der Waals surface area contributed by atoms with Crippen molar-refractivity contribution in [3.05, 3.63) is 35.4 Å². The predicted octanol–water partition coefficient (Wildman–Crippen LogP) is 0.996. The Morgan fingerprint density at radius 2 is 1.93 bits per heavy atom. The van der Waals surface area contributed by atoms with Crippen molar-refractivity contribution in [2.75, 3.05) is 26.7 Å². The van der Waals surface area contributed by atoms with Gasteiger partial charge in [0.1, 0.15) is 12.1 Å². The van der Waals surface area contributed by atoms with Gasteiger partial charge >= 0.3 is 6.03 Å². The first-order valence-corrected chi connectivity index (χ1v) is 9.08. The molecule has 0 aliphatic carbocycles. The van der Waals surface area contributed by atoms with Crippen LogP contribution < -0.4 is 16.0 Å². The molecule has 1 aromatic rings. The fourth-order valence-corrected chi connectivity index (χ4v) is 3.98. The predicted molar refractivity (Wildman–Crippen MR) is 105 cm³/mol. The molecule has 7 nitrogen and oxygen atoms in total. The maximum atomic E-state index is 13.3. The van der Waals surface area contributed by atoms with Crippen molar-refractivity contribution in [2.45, 2.75) is 31.7 Å². The molecule has 2 saturated heterocycles. The summed E-state index contributed by atoms with van der Waals surface area (Å²) in [6.45, 7) is 3.40. The SMILES string of the molecule is CNC(=O)CN1C(=O)NC(Cc2ccccc2C)(C2CCNCC2)C1=O.Cl. The van der Waals surface area contributed by atoms with Gasteiger partial charge in [-0.05, 0) is 49.9 Å². The number of carbonyl (C=O) groups excluding carboxylic acids is 3. The number of hydrogen-bond donors (Lipinski definition) is 3. The van der Waals surface area contributed by atoms with Crippen LogP contribution in [-0.4, -0.2) is 55.0 Å². The smallest absolute Gasteiger partial charge is 0.325 e. The van der Waals surface area contributed by atoms with E-state index >= 15 is 0 Å². The molecule has 1 atom stereocenters. The molecule has 0 saturated carbocycles. The van der Waals surface area contributed by atoms with Crippen molar-refractivity contribution in [2.24, 2.45) is 5.92 Å². The van der Waals surface area contributed by atoms with E-state index in [9.17, 15) is 14.4 Å². The molecule has 27 heavy (non-hydrogen) atoms. The highest BCUT2D eigenvalue weighted by Gasteiger charge is 2.55. The van der Waals surface area contributed by atoms with Crippen molar-refractivity contribution in [1.82, 2.24) is 20.9 Å². The summed E-state index contributed by atoms with van der Waals surface area (Å²) in [4.78, 5) is 38.7. The normalized spacial score (nSPS) is 23.0. The summed E-state index contributed by atoms with van der Waals surface area (Å²) >= 11 is 0. The summed E-state index contributed by atoms with van der Waals surface area (Å²) in [7, 11) is 1.49. The van der Waals surface area contributed by atoms with Crippen LogP contribution in [0.4, 0.5) is 4.79 Å². The number of likely N-dealkylation sites (N-methyl/N-ethyl adjacent to an activating group) is 1. The molecule has 2 aliphatic rings. The third-order valence-corrected chi connectivity index (χ3v) is 5.55. The molecule has 3 N–H and O–H groups in total. The van der Waals surface area contributed by atoms with E-state index in [0.29, 0.717) is 6.42 Å². The van der Waals surface area contributed by atoms with Gasteiger partial charge in [-0.3, -0.25) is 14.5 Å². The molecule has 148 valence electrons. The second kappa shape index (κ2) is 8.71. The van der Waals surface area contributed by atoms with E-state index in [-0.39, 0.29) is 36.7 Å². The van der Waals surface area contributed by atoms with Gasteiger partial charge in [0.2, 0.25) is 5.91 Å². The van der Waals surface area contributed by atoms with Crippen LogP contribution >= 0.6 is 12.4 Å². The van der Waals surface area contributed by atoms with Crippen molar-refractivity contribution >= 4 is 30.3 Å². The molecule has 1 aromatic carbocycles. The van der Waals surface area contributed by atoms with Gasteiger partial charge in [-0.1, -0.05) is 24.3 Å². The van der Waals surface area contributed by atoms with Crippen molar-refractivity contribution < 1.29 is 14.4 Å². The fraction of sp³-hybridized carbons (Fsp3) is 0.526. The number of benzene rings is 1. The Morgan fingerprint density at radius 3 is 2.56 bits per heavy atom. The number of urea groups is 1. The number of imide groups is 1. The third kappa shape index (κ3) is 4.09. The summed E-state index contributed by atoms with van der Waals surface area (Å²) < 4.78 is 0. The lowest BCUT2D eigenvalue weighted by atomic mass is 9.73. The second-order valence-electron chi connectivity index (χ2n) is 7.09. The summed E-state index contributed by atoms with van der Waals surface area (Å²) in [6.07, 6.45) is 2.07. The average Bonchev–Trinajstić information content (AvgIpc) is 2.89. The van der Waals surface area contributed by atoms with Crippen LogP contribution in [0.5, 0.6) is 0 Å². The first-order valence-electron chi connectivity index (χ1n) is 9.08.